The van der Waals surface area contributed by atoms with Gasteiger partial charge in [-0.2, -0.15) is 0 Å². The van der Waals surface area contributed by atoms with Crippen molar-refractivity contribution >= 4 is 5.97 Å². The number of esters is 1. The lowest BCUT2D eigenvalue weighted by Crippen LogP contribution is -2.39. The zero-order valence-corrected chi connectivity index (χ0v) is 12.8. The summed E-state index contributed by atoms with van der Waals surface area (Å²) in [4.78, 5) is 12.2. The molecule has 3 nitrogen and oxygen atoms in total. The Labute approximate surface area is 127 Å². The van der Waals surface area contributed by atoms with Gasteiger partial charge in [0.2, 0.25) is 0 Å². The molecule has 1 unspecified atom stereocenters. The van der Waals surface area contributed by atoms with E-state index in [1.54, 1.807) is 0 Å². The molecule has 1 aromatic rings. The molecule has 1 saturated carbocycles. The van der Waals surface area contributed by atoms with Crippen LogP contribution in [0.3, 0.4) is 0 Å². The van der Waals surface area contributed by atoms with Gasteiger partial charge in [0.25, 0.3) is 0 Å². The molecule has 1 heterocycles. The highest BCUT2D eigenvalue weighted by Crippen LogP contribution is 2.49. The molecule has 2 fully saturated rings. The monoisotopic (exact) mass is 287 g/mol. The molecular formula is C18H25NO2. The highest BCUT2D eigenvalue weighted by Gasteiger charge is 2.49. The summed E-state index contributed by atoms with van der Waals surface area (Å²) in [6.07, 6.45) is 4.62. The molecule has 2 aliphatic rings. The fourth-order valence-electron chi connectivity index (χ4n) is 4.16. The Balaban J connectivity index is 1.67. The van der Waals surface area contributed by atoms with Crippen LogP contribution in [-0.4, -0.2) is 25.7 Å². The summed E-state index contributed by atoms with van der Waals surface area (Å²) in [5.74, 6) is 0.704. The Morgan fingerprint density at radius 2 is 2.00 bits per heavy atom. The van der Waals surface area contributed by atoms with Gasteiger partial charge in [0.15, 0.2) is 0 Å². The lowest BCUT2D eigenvalue weighted by atomic mass is 9.64. The molecular weight excluding hydrogens is 262 g/mol. The molecule has 0 bridgehead atoms. The summed E-state index contributed by atoms with van der Waals surface area (Å²) in [7, 11) is 0. The van der Waals surface area contributed by atoms with Crippen molar-refractivity contribution in [2.45, 2.75) is 38.5 Å². The first kappa shape index (κ1) is 14.6. The molecule has 21 heavy (non-hydrogen) atoms. The molecule has 1 saturated heterocycles. The number of nitrogens with one attached hydrogen (secondary N) is 1. The van der Waals surface area contributed by atoms with Gasteiger partial charge in [-0.1, -0.05) is 30.3 Å². The van der Waals surface area contributed by atoms with E-state index in [2.05, 4.69) is 35.6 Å². The van der Waals surface area contributed by atoms with Crippen LogP contribution in [0.4, 0.5) is 0 Å². The van der Waals surface area contributed by atoms with Crippen LogP contribution in [0.2, 0.25) is 0 Å². The average Bonchev–Trinajstić information content (AvgIpc) is 2.92. The number of hydrogen-bond donors (Lipinski definition) is 1. The number of carbonyl (C=O) groups is 1. The van der Waals surface area contributed by atoms with Crippen molar-refractivity contribution in [2.75, 3.05) is 19.7 Å². The third-order valence-corrected chi connectivity index (χ3v) is 5.39. The maximum Gasteiger partial charge on any atom is 0.310 e. The molecule has 1 aromatic carbocycles. The van der Waals surface area contributed by atoms with E-state index >= 15 is 0 Å². The molecule has 1 aliphatic carbocycles. The molecule has 0 radical (unpaired) electrons. The number of hydrogen-bond acceptors (Lipinski definition) is 3. The second-order valence-corrected chi connectivity index (χ2v) is 6.48. The van der Waals surface area contributed by atoms with Gasteiger partial charge in [-0.15, -0.1) is 0 Å². The smallest absolute Gasteiger partial charge is 0.310 e. The largest absolute Gasteiger partial charge is 0.466 e. The Morgan fingerprint density at radius 3 is 2.67 bits per heavy atom. The second-order valence-electron chi connectivity index (χ2n) is 6.48. The van der Waals surface area contributed by atoms with Gasteiger partial charge >= 0.3 is 5.97 Å². The van der Waals surface area contributed by atoms with Gasteiger partial charge < -0.3 is 10.1 Å². The van der Waals surface area contributed by atoms with Crippen LogP contribution in [0.1, 0.15) is 44.1 Å². The van der Waals surface area contributed by atoms with E-state index in [0.29, 0.717) is 12.5 Å². The predicted molar refractivity (Wildman–Crippen MR) is 83.1 cm³/mol. The first-order chi connectivity index (χ1) is 10.2. The van der Waals surface area contributed by atoms with E-state index in [0.717, 1.165) is 25.9 Å². The third kappa shape index (κ3) is 2.84. The van der Waals surface area contributed by atoms with Crippen molar-refractivity contribution in [3.8, 4) is 0 Å². The van der Waals surface area contributed by atoms with E-state index in [9.17, 15) is 4.79 Å². The Hall–Kier alpha value is -1.35. The molecule has 1 N–H and O–H groups in total. The minimum Gasteiger partial charge on any atom is -0.466 e. The average molecular weight is 287 g/mol. The number of ether oxygens (including phenoxy) is 1. The van der Waals surface area contributed by atoms with Crippen LogP contribution >= 0.6 is 0 Å². The molecule has 1 atom stereocenters. The van der Waals surface area contributed by atoms with E-state index in [-0.39, 0.29) is 17.3 Å². The predicted octanol–water partition coefficient (Wildman–Crippen LogP) is 3.11. The SMILES string of the molecule is CCOC(=O)C1CNCC12CCC(c1ccccc1)CC2. The first-order valence-electron chi connectivity index (χ1n) is 8.17. The van der Waals surface area contributed by atoms with Crippen molar-refractivity contribution in [2.24, 2.45) is 11.3 Å². The van der Waals surface area contributed by atoms with Crippen LogP contribution < -0.4 is 5.32 Å². The van der Waals surface area contributed by atoms with Gasteiger partial charge in [0.1, 0.15) is 0 Å². The summed E-state index contributed by atoms with van der Waals surface area (Å²) >= 11 is 0. The number of rotatable bonds is 3. The normalized spacial score (nSPS) is 32.2. The number of benzene rings is 1. The van der Waals surface area contributed by atoms with Crippen LogP contribution in [0, 0.1) is 11.3 Å². The maximum absolute atomic E-state index is 12.2. The fraction of sp³-hybridized carbons (Fsp3) is 0.611. The van der Waals surface area contributed by atoms with E-state index in [1.165, 1.54) is 18.4 Å². The fourth-order valence-corrected chi connectivity index (χ4v) is 4.16. The summed E-state index contributed by atoms with van der Waals surface area (Å²) in [5, 5.41) is 3.43. The summed E-state index contributed by atoms with van der Waals surface area (Å²) in [5.41, 5.74) is 1.59. The van der Waals surface area contributed by atoms with Gasteiger partial charge in [-0.3, -0.25) is 4.79 Å². The minimum atomic E-state index is 0.000612. The van der Waals surface area contributed by atoms with Gasteiger partial charge in [-0.05, 0) is 49.5 Å². The van der Waals surface area contributed by atoms with Crippen molar-refractivity contribution in [1.29, 1.82) is 0 Å². The zero-order valence-electron chi connectivity index (χ0n) is 12.8. The van der Waals surface area contributed by atoms with Crippen molar-refractivity contribution in [3.05, 3.63) is 35.9 Å². The van der Waals surface area contributed by atoms with Crippen molar-refractivity contribution in [3.63, 3.8) is 0 Å². The summed E-state index contributed by atoms with van der Waals surface area (Å²) in [6, 6.07) is 10.8. The van der Waals surface area contributed by atoms with Crippen LogP contribution in [-0.2, 0) is 9.53 Å². The van der Waals surface area contributed by atoms with Crippen LogP contribution in [0.5, 0.6) is 0 Å². The summed E-state index contributed by atoms with van der Waals surface area (Å²) in [6.45, 7) is 4.13. The van der Waals surface area contributed by atoms with E-state index in [4.69, 9.17) is 4.74 Å². The molecule has 3 rings (SSSR count). The standard InChI is InChI=1S/C18H25NO2/c1-2-21-17(20)16-12-19-13-18(16)10-8-15(9-11-18)14-6-4-3-5-7-14/h3-7,15-16,19H,2,8-13H2,1H3. The molecule has 3 heteroatoms. The van der Waals surface area contributed by atoms with Crippen LogP contribution in [0.15, 0.2) is 30.3 Å². The quantitative estimate of drug-likeness (QED) is 0.868. The van der Waals surface area contributed by atoms with E-state index in [1.807, 2.05) is 6.92 Å². The molecule has 1 aliphatic heterocycles. The highest BCUT2D eigenvalue weighted by molar-refractivity contribution is 5.74. The maximum atomic E-state index is 12.2. The number of carbonyl (C=O) groups excluding carboxylic acids is 1. The van der Waals surface area contributed by atoms with Crippen molar-refractivity contribution in [1.82, 2.24) is 5.32 Å². The molecule has 1 spiro atoms. The Kier molecular flexibility index (Phi) is 4.29. The topological polar surface area (TPSA) is 38.3 Å². The molecule has 0 aromatic heterocycles. The van der Waals surface area contributed by atoms with Crippen LogP contribution in [0.25, 0.3) is 0 Å². The Bertz CT molecular complexity index is 477. The lowest BCUT2D eigenvalue weighted by Gasteiger charge is -2.40. The second kappa shape index (κ2) is 6.18. The highest BCUT2D eigenvalue weighted by atomic mass is 16.5. The van der Waals surface area contributed by atoms with Crippen molar-refractivity contribution < 1.29 is 9.53 Å². The van der Waals surface area contributed by atoms with Gasteiger partial charge in [0.05, 0.1) is 12.5 Å². The zero-order chi connectivity index (χ0) is 14.7. The lowest BCUT2D eigenvalue weighted by molar-refractivity contribution is -0.151. The van der Waals surface area contributed by atoms with E-state index < -0.39 is 0 Å². The minimum absolute atomic E-state index is 0.000612. The Morgan fingerprint density at radius 1 is 1.29 bits per heavy atom. The molecule has 114 valence electrons. The third-order valence-electron chi connectivity index (χ3n) is 5.39. The van der Waals surface area contributed by atoms with Gasteiger partial charge in [0, 0.05) is 13.1 Å². The summed E-state index contributed by atoms with van der Waals surface area (Å²) < 4.78 is 5.29. The molecule has 0 amide bonds. The van der Waals surface area contributed by atoms with Gasteiger partial charge in [-0.25, -0.2) is 0 Å². The first-order valence-corrected chi connectivity index (χ1v) is 8.17.